The maximum Gasteiger partial charge on any atom is 0.450 e. The maximum atomic E-state index is 13.3. The van der Waals surface area contributed by atoms with Crippen molar-refractivity contribution in [2.75, 3.05) is 0 Å². The van der Waals surface area contributed by atoms with Crippen LogP contribution in [0.15, 0.2) is 30.3 Å². The number of hydrogen-bond acceptors (Lipinski definition) is 3. The number of benzene rings is 1. The molecule has 0 aromatic heterocycles. The molecule has 1 saturated heterocycles. The highest BCUT2D eigenvalue weighted by Crippen LogP contribution is 2.45. The molecule has 2 rings (SSSR count). The Labute approximate surface area is 136 Å². The van der Waals surface area contributed by atoms with Crippen molar-refractivity contribution in [1.82, 2.24) is 10.6 Å². The molecule has 0 unspecified atom stereocenters. The van der Waals surface area contributed by atoms with Crippen molar-refractivity contribution in [3.05, 3.63) is 35.9 Å². The molecule has 0 spiro atoms. The number of alkyl halides is 6. The van der Waals surface area contributed by atoms with Gasteiger partial charge in [0, 0.05) is 0 Å². The van der Waals surface area contributed by atoms with Crippen molar-refractivity contribution in [3.8, 4) is 0 Å². The van der Waals surface area contributed by atoms with Crippen molar-refractivity contribution in [1.29, 1.82) is 0 Å². The van der Waals surface area contributed by atoms with Gasteiger partial charge in [-0.3, -0.25) is 4.79 Å². The summed E-state index contributed by atoms with van der Waals surface area (Å²) in [5.74, 6) is -5.65. The first-order chi connectivity index (χ1) is 10.9. The van der Waals surface area contributed by atoms with Gasteiger partial charge in [0.2, 0.25) is 11.5 Å². The van der Waals surface area contributed by atoms with E-state index in [2.05, 4.69) is 17.5 Å². The Kier molecular flexibility index (Phi) is 4.53. The molecule has 11 heteroatoms. The maximum absolute atomic E-state index is 13.3. The molecule has 1 aliphatic rings. The Morgan fingerprint density at radius 2 is 1.67 bits per heavy atom. The quantitative estimate of drug-likeness (QED) is 0.549. The second-order valence-electron chi connectivity index (χ2n) is 5.09. The molecule has 0 bridgehead atoms. The monoisotopic (exact) mass is 372 g/mol. The molecule has 1 fully saturated rings. The highest BCUT2D eigenvalue weighted by atomic mass is 32.1. The number of rotatable bonds is 2. The van der Waals surface area contributed by atoms with Crippen LogP contribution in [0.1, 0.15) is 11.6 Å². The lowest BCUT2D eigenvalue weighted by Crippen LogP contribution is -2.73. The third-order valence-electron chi connectivity index (χ3n) is 3.53. The molecule has 1 heterocycles. The molecule has 1 aromatic rings. The normalized spacial score (nSPS) is 28.0. The third-order valence-corrected chi connectivity index (χ3v) is 3.75. The summed E-state index contributed by atoms with van der Waals surface area (Å²) in [6, 6.07) is 4.84. The Hall–Kier alpha value is -1.88. The van der Waals surface area contributed by atoms with Crippen LogP contribution in [0, 0.1) is 5.92 Å². The van der Waals surface area contributed by atoms with Gasteiger partial charge in [0.15, 0.2) is 5.11 Å². The van der Waals surface area contributed by atoms with Gasteiger partial charge in [0.1, 0.15) is 5.92 Å². The van der Waals surface area contributed by atoms with Gasteiger partial charge in [-0.1, -0.05) is 30.3 Å². The average molecular weight is 372 g/mol. The number of halogens is 6. The van der Waals surface area contributed by atoms with Crippen LogP contribution in [0.4, 0.5) is 26.3 Å². The van der Waals surface area contributed by atoms with Crippen LogP contribution in [0.3, 0.4) is 0 Å². The van der Waals surface area contributed by atoms with Crippen molar-refractivity contribution < 1.29 is 36.2 Å². The number of carbonyl (C=O) groups is 1. The Morgan fingerprint density at radius 1 is 1.12 bits per heavy atom. The SMILES string of the molecule is O=C([C@@H]1[C@H](c2ccccc2)NC(=S)N[C@@]1(O)C(F)(F)F)C(F)(F)F. The van der Waals surface area contributed by atoms with E-state index in [1.807, 2.05) is 0 Å². The van der Waals surface area contributed by atoms with Crippen molar-refractivity contribution in [2.45, 2.75) is 24.1 Å². The molecule has 4 nitrogen and oxygen atoms in total. The van der Waals surface area contributed by atoms with Crippen LogP contribution < -0.4 is 10.6 Å². The number of hydrogen-bond donors (Lipinski definition) is 3. The fourth-order valence-electron chi connectivity index (χ4n) is 2.45. The van der Waals surface area contributed by atoms with E-state index >= 15 is 0 Å². The van der Waals surface area contributed by atoms with Crippen molar-refractivity contribution in [2.24, 2.45) is 5.92 Å². The van der Waals surface area contributed by atoms with E-state index in [9.17, 15) is 36.2 Å². The minimum absolute atomic E-state index is 0.0633. The summed E-state index contributed by atoms with van der Waals surface area (Å²) in [6.45, 7) is 0. The van der Waals surface area contributed by atoms with Gasteiger partial charge in [-0.2, -0.15) is 26.3 Å². The molecule has 1 aromatic carbocycles. The van der Waals surface area contributed by atoms with E-state index in [0.29, 0.717) is 0 Å². The van der Waals surface area contributed by atoms with E-state index in [4.69, 9.17) is 0 Å². The van der Waals surface area contributed by atoms with Crippen LogP contribution in [-0.2, 0) is 4.79 Å². The molecule has 1 aliphatic heterocycles. The molecule has 0 radical (unpaired) electrons. The van der Waals surface area contributed by atoms with E-state index in [-0.39, 0.29) is 5.56 Å². The van der Waals surface area contributed by atoms with E-state index < -0.39 is 40.9 Å². The fourth-order valence-corrected chi connectivity index (χ4v) is 2.74. The van der Waals surface area contributed by atoms with E-state index in [1.165, 1.54) is 35.6 Å². The first kappa shape index (κ1) is 18.5. The molecule has 0 amide bonds. The lowest BCUT2D eigenvalue weighted by molar-refractivity contribution is -0.293. The van der Waals surface area contributed by atoms with Gasteiger partial charge in [0.25, 0.3) is 0 Å². The van der Waals surface area contributed by atoms with Crippen LogP contribution in [0.5, 0.6) is 0 Å². The molecular formula is C13H10F6N2O2S. The smallest absolute Gasteiger partial charge is 0.363 e. The zero-order valence-corrected chi connectivity index (χ0v) is 12.4. The molecule has 24 heavy (non-hydrogen) atoms. The number of ketones is 1. The number of carbonyl (C=O) groups excluding carboxylic acids is 1. The lowest BCUT2D eigenvalue weighted by atomic mass is 9.79. The number of aliphatic hydroxyl groups is 1. The average Bonchev–Trinajstić information content (AvgIpc) is 2.44. The van der Waals surface area contributed by atoms with Gasteiger partial charge in [-0.25, -0.2) is 0 Å². The zero-order chi connectivity index (χ0) is 18.3. The number of Topliss-reactive ketones (excluding diaryl/α,β-unsaturated/α-hetero) is 1. The van der Waals surface area contributed by atoms with Crippen LogP contribution in [0.2, 0.25) is 0 Å². The Bertz CT molecular complexity index is 648. The second-order valence-corrected chi connectivity index (χ2v) is 5.50. The zero-order valence-electron chi connectivity index (χ0n) is 11.6. The number of thiocarbonyl (C=S) groups is 1. The number of nitrogens with one attached hydrogen (secondary N) is 2. The molecule has 0 aliphatic carbocycles. The molecule has 3 N–H and O–H groups in total. The molecule has 132 valence electrons. The van der Waals surface area contributed by atoms with Gasteiger partial charge in [-0.15, -0.1) is 0 Å². The van der Waals surface area contributed by atoms with Gasteiger partial charge < -0.3 is 15.7 Å². The van der Waals surface area contributed by atoms with Crippen molar-refractivity contribution >= 4 is 23.1 Å². The third kappa shape index (κ3) is 3.18. The highest BCUT2D eigenvalue weighted by molar-refractivity contribution is 7.80. The summed E-state index contributed by atoms with van der Waals surface area (Å²) in [7, 11) is 0. The van der Waals surface area contributed by atoms with Gasteiger partial charge in [0.05, 0.1) is 6.04 Å². The molecule has 0 saturated carbocycles. The standard InChI is InChI=1S/C13H10F6N2O2S/c14-12(15,16)9(22)7-8(6-4-2-1-3-5-6)20-10(24)21-11(7,23)13(17,18)19/h1-5,7-8,23H,(H2,20,21,24)/t7-,8-,11-/m0/s1. The van der Waals surface area contributed by atoms with Crippen LogP contribution in [0.25, 0.3) is 0 Å². The van der Waals surface area contributed by atoms with Gasteiger partial charge >= 0.3 is 12.4 Å². The van der Waals surface area contributed by atoms with Crippen molar-refractivity contribution in [3.63, 3.8) is 0 Å². The Morgan fingerprint density at radius 3 is 2.12 bits per heavy atom. The first-order valence-corrected chi connectivity index (χ1v) is 6.82. The fraction of sp³-hybridized carbons (Fsp3) is 0.385. The summed E-state index contributed by atoms with van der Waals surface area (Å²) in [4.78, 5) is 11.7. The predicted molar refractivity (Wildman–Crippen MR) is 73.6 cm³/mol. The Balaban J connectivity index is 2.63. The van der Waals surface area contributed by atoms with E-state index in [1.54, 1.807) is 0 Å². The highest BCUT2D eigenvalue weighted by Gasteiger charge is 2.68. The van der Waals surface area contributed by atoms with E-state index in [0.717, 1.165) is 0 Å². The second kappa shape index (κ2) is 5.88. The summed E-state index contributed by atoms with van der Waals surface area (Å²) < 4.78 is 78.3. The topological polar surface area (TPSA) is 61.4 Å². The minimum Gasteiger partial charge on any atom is -0.363 e. The first-order valence-electron chi connectivity index (χ1n) is 6.41. The van der Waals surface area contributed by atoms with Crippen LogP contribution in [-0.4, -0.2) is 34.1 Å². The summed E-state index contributed by atoms with van der Waals surface area (Å²) in [5.41, 5.74) is -4.23. The summed E-state index contributed by atoms with van der Waals surface area (Å²) >= 11 is 4.56. The lowest BCUT2D eigenvalue weighted by Gasteiger charge is -2.46. The summed E-state index contributed by atoms with van der Waals surface area (Å²) in [5, 5.41) is 12.8. The van der Waals surface area contributed by atoms with Gasteiger partial charge in [-0.05, 0) is 17.8 Å². The molecule has 3 atom stereocenters. The van der Waals surface area contributed by atoms with Crippen LogP contribution >= 0.6 is 12.2 Å². The minimum atomic E-state index is -5.59. The largest absolute Gasteiger partial charge is 0.450 e. The molecular weight excluding hydrogens is 362 g/mol. The predicted octanol–water partition coefficient (Wildman–Crippen LogP) is 2.20. The summed E-state index contributed by atoms with van der Waals surface area (Å²) in [6.07, 6.45) is -11.2.